The number of hydrogen-bond donors (Lipinski definition) is 2. The molecule has 1 atom stereocenters. The number of carboxylic acid groups (broad SMARTS) is 1. The van der Waals surface area contributed by atoms with E-state index in [1.54, 1.807) is 0 Å². The van der Waals surface area contributed by atoms with Gasteiger partial charge < -0.3 is 5.11 Å². The van der Waals surface area contributed by atoms with Crippen LogP contribution in [0.3, 0.4) is 0 Å². The van der Waals surface area contributed by atoms with Crippen molar-refractivity contribution in [2.45, 2.75) is 32.4 Å². The van der Waals surface area contributed by atoms with E-state index in [0.29, 0.717) is 0 Å². The quantitative estimate of drug-likeness (QED) is 0.798. The van der Waals surface area contributed by atoms with Crippen molar-refractivity contribution in [3.8, 4) is 0 Å². The Balaban J connectivity index is 2.90. The van der Waals surface area contributed by atoms with Crippen molar-refractivity contribution in [3.63, 3.8) is 0 Å². The molecule has 0 radical (unpaired) electrons. The van der Waals surface area contributed by atoms with E-state index in [9.17, 15) is 4.79 Å². The van der Waals surface area contributed by atoms with Gasteiger partial charge in [0, 0.05) is 5.54 Å². The molecule has 0 heterocycles. The van der Waals surface area contributed by atoms with Gasteiger partial charge >= 0.3 is 5.97 Å². The predicted octanol–water partition coefficient (Wildman–Crippen LogP) is 2.20. The summed E-state index contributed by atoms with van der Waals surface area (Å²) in [5.41, 5.74) is 0.554. The zero-order valence-electron chi connectivity index (χ0n) is 9.32. The van der Waals surface area contributed by atoms with Crippen molar-refractivity contribution >= 4 is 5.97 Å². The van der Waals surface area contributed by atoms with Crippen LogP contribution in [0.4, 0.5) is 0 Å². The van der Waals surface area contributed by atoms with Crippen LogP contribution >= 0.6 is 0 Å². The van der Waals surface area contributed by atoms with E-state index in [0.717, 1.165) is 5.56 Å². The van der Waals surface area contributed by atoms with Crippen LogP contribution in [-0.2, 0) is 4.79 Å². The molecule has 15 heavy (non-hydrogen) atoms. The molecule has 0 unspecified atom stereocenters. The maximum absolute atomic E-state index is 11.1. The Morgan fingerprint density at radius 3 is 2.20 bits per heavy atom. The molecule has 0 spiro atoms. The van der Waals surface area contributed by atoms with Gasteiger partial charge in [0.25, 0.3) is 0 Å². The largest absolute Gasteiger partial charge is 0.480 e. The first-order chi connectivity index (χ1) is 6.90. The SMILES string of the molecule is CC(C)(C)N[C@H](C(=O)O)c1ccccc1. The second kappa shape index (κ2) is 4.45. The van der Waals surface area contributed by atoms with Gasteiger partial charge in [0.15, 0.2) is 0 Å². The molecule has 3 heteroatoms. The number of benzene rings is 1. The summed E-state index contributed by atoms with van der Waals surface area (Å²) in [4.78, 5) is 11.1. The molecule has 1 rings (SSSR count). The summed E-state index contributed by atoms with van der Waals surface area (Å²) in [6.07, 6.45) is 0. The smallest absolute Gasteiger partial charge is 0.325 e. The summed E-state index contributed by atoms with van der Waals surface area (Å²) < 4.78 is 0. The van der Waals surface area contributed by atoms with Crippen LogP contribution in [0, 0.1) is 0 Å². The summed E-state index contributed by atoms with van der Waals surface area (Å²) in [7, 11) is 0. The van der Waals surface area contributed by atoms with E-state index in [-0.39, 0.29) is 5.54 Å². The molecule has 0 aliphatic rings. The number of carbonyl (C=O) groups is 1. The second-order valence-corrected chi connectivity index (χ2v) is 4.58. The summed E-state index contributed by atoms with van der Waals surface area (Å²) >= 11 is 0. The fourth-order valence-electron chi connectivity index (χ4n) is 1.37. The molecule has 0 aliphatic carbocycles. The molecule has 82 valence electrons. The van der Waals surface area contributed by atoms with Crippen LogP contribution in [0.1, 0.15) is 32.4 Å². The zero-order valence-corrected chi connectivity index (χ0v) is 9.32. The molecule has 0 saturated heterocycles. The Hall–Kier alpha value is -1.35. The Morgan fingerprint density at radius 2 is 1.80 bits per heavy atom. The first-order valence-corrected chi connectivity index (χ1v) is 4.95. The van der Waals surface area contributed by atoms with Crippen LogP contribution in [0.25, 0.3) is 0 Å². The summed E-state index contributed by atoms with van der Waals surface area (Å²) in [6, 6.07) is 8.55. The lowest BCUT2D eigenvalue weighted by Crippen LogP contribution is -2.42. The van der Waals surface area contributed by atoms with E-state index in [1.807, 2.05) is 51.1 Å². The minimum Gasteiger partial charge on any atom is -0.480 e. The first kappa shape index (κ1) is 11.7. The minimum atomic E-state index is -0.851. The lowest BCUT2D eigenvalue weighted by atomic mass is 10.0. The fraction of sp³-hybridized carbons (Fsp3) is 0.417. The van der Waals surface area contributed by atoms with Gasteiger partial charge in [0.2, 0.25) is 0 Å². The summed E-state index contributed by atoms with van der Waals surface area (Å²) in [5, 5.41) is 12.2. The number of nitrogens with one attached hydrogen (secondary N) is 1. The Morgan fingerprint density at radius 1 is 1.27 bits per heavy atom. The highest BCUT2D eigenvalue weighted by Crippen LogP contribution is 2.16. The standard InChI is InChI=1S/C12H17NO2/c1-12(2,3)13-10(11(14)15)9-7-5-4-6-8-9/h4-8,10,13H,1-3H3,(H,14,15)/t10-/m0/s1. The molecule has 1 aromatic carbocycles. The molecule has 0 aliphatic heterocycles. The molecular weight excluding hydrogens is 190 g/mol. The van der Waals surface area contributed by atoms with Crippen molar-refractivity contribution in [2.75, 3.05) is 0 Å². The number of rotatable bonds is 3. The van der Waals surface area contributed by atoms with Crippen LogP contribution in [0.2, 0.25) is 0 Å². The second-order valence-electron chi connectivity index (χ2n) is 4.58. The highest BCUT2D eigenvalue weighted by molar-refractivity contribution is 5.75. The van der Waals surface area contributed by atoms with Crippen molar-refractivity contribution in [1.82, 2.24) is 5.32 Å². The number of carboxylic acids is 1. The Kier molecular flexibility index (Phi) is 3.48. The van der Waals surface area contributed by atoms with E-state index >= 15 is 0 Å². The van der Waals surface area contributed by atoms with Crippen LogP contribution in [0.15, 0.2) is 30.3 Å². The van der Waals surface area contributed by atoms with Gasteiger partial charge in [-0.05, 0) is 26.3 Å². The monoisotopic (exact) mass is 207 g/mol. The third-order valence-electron chi connectivity index (χ3n) is 1.96. The van der Waals surface area contributed by atoms with Gasteiger partial charge in [0.1, 0.15) is 6.04 Å². The topological polar surface area (TPSA) is 49.3 Å². The Labute approximate surface area is 90.1 Å². The number of aliphatic carboxylic acids is 1. The average molecular weight is 207 g/mol. The van der Waals surface area contributed by atoms with Gasteiger partial charge in [-0.1, -0.05) is 30.3 Å². The molecule has 1 aromatic rings. The van der Waals surface area contributed by atoms with Gasteiger partial charge in [0.05, 0.1) is 0 Å². The summed E-state index contributed by atoms with van der Waals surface area (Å²) in [5.74, 6) is -0.851. The van der Waals surface area contributed by atoms with E-state index < -0.39 is 12.0 Å². The molecular formula is C12H17NO2. The molecule has 0 aromatic heterocycles. The third-order valence-corrected chi connectivity index (χ3v) is 1.96. The van der Waals surface area contributed by atoms with Crippen LogP contribution in [0.5, 0.6) is 0 Å². The maximum Gasteiger partial charge on any atom is 0.325 e. The van der Waals surface area contributed by atoms with Gasteiger partial charge in [-0.3, -0.25) is 10.1 Å². The molecule has 0 saturated carbocycles. The highest BCUT2D eigenvalue weighted by atomic mass is 16.4. The van der Waals surface area contributed by atoms with Crippen molar-refractivity contribution in [2.24, 2.45) is 0 Å². The van der Waals surface area contributed by atoms with E-state index in [2.05, 4.69) is 5.32 Å². The molecule has 3 nitrogen and oxygen atoms in total. The zero-order chi connectivity index (χ0) is 11.5. The lowest BCUT2D eigenvalue weighted by Gasteiger charge is -2.26. The molecule has 0 bridgehead atoms. The maximum atomic E-state index is 11.1. The number of hydrogen-bond acceptors (Lipinski definition) is 2. The highest BCUT2D eigenvalue weighted by Gasteiger charge is 2.24. The van der Waals surface area contributed by atoms with Gasteiger partial charge in [-0.15, -0.1) is 0 Å². The van der Waals surface area contributed by atoms with Gasteiger partial charge in [-0.2, -0.15) is 0 Å². The first-order valence-electron chi connectivity index (χ1n) is 4.95. The van der Waals surface area contributed by atoms with Crippen molar-refractivity contribution < 1.29 is 9.90 Å². The average Bonchev–Trinajstić information content (AvgIpc) is 2.14. The summed E-state index contributed by atoms with van der Waals surface area (Å²) in [6.45, 7) is 5.85. The fourth-order valence-corrected chi connectivity index (χ4v) is 1.37. The molecule has 0 fully saturated rings. The lowest BCUT2D eigenvalue weighted by molar-refractivity contribution is -0.140. The molecule has 2 N–H and O–H groups in total. The van der Waals surface area contributed by atoms with E-state index in [1.165, 1.54) is 0 Å². The van der Waals surface area contributed by atoms with Crippen molar-refractivity contribution in [1.29, 1.82) is 0 Å². The van der Waals surface area contributed by atoms with Crippen LogP contribution in [-0.4, -0.2) is 16.6 Å². The predicted molar refractivity (Wildman–Crippen MR) is 59.7 cm³/mol. The molecule has 0 amide bonds. The third kappa shape index (κ3) is 3.72. The van der Waals surface area contributed by atoms with Gasteiger partial charge in [-0.25, -0.2) is 0 Å². The van der Waals surface area contributed by atoms with Crippen LogP contribution < -0.4 is 5.32 Å². The van der Waals surface area contributed by atoms with E-state index in [4.69, 9.17) is 5.11 Å². The normalized spacial score (nSPS) is 13.5. The minimum absolute atomic E-state index is 0.223. The Bertz CT molecular complexity index is 327. The van der Waals surface area contributed by atoms with Crippen molar-refractivity contribution in [3.05, 3.63) is 35.9 Å².